The molecule has 50 valence electrons. The lowest BCUT2D eigenvalue weighted by Crippen LogP contribution is -1.72. The van der Waals surface area contributed by atoms with Crippen LogP contribution in [-0.4, -0.2) is 5.29 Å². The van der Waals surface area contributed by atoms with E-state index in [0.717, 1.165) is 0 Å². The molecule has 1 aliphatic carbocycles. The molecule has 0 bridgehead atoms. The number of fused-ring (bicyclic) bond motifs is 1. The maximum atomic E-state index is 2.27. The van der Waals surface area contributed by atoms with Gasteiger partial charge in [-0.05, 0) is 36.4 Å². The zero-order valence-electron chi connectivity index (χ0n) is 6.18. The van der Waals surface area contributed by atoms with E-state index in [9.17, 15) is 0 Å². The van der Waals surface area contributed by atoms with Gasteiger partial charge in [0.2, 0.25) is 0 Å². The topological polar surface area (TPSA) is 0 Å². The summed E-state index contributed by atoms with van der Waals surface area (Å²) in [5, 5.41) is 2.98. The van der Waals surface area contributed by atoms with Gasteiger partial charge in [-0.3, -0.25) is 0 Å². The summed E-state index contributed by atoms with van der Waals surface area (Å²) < 4.78 is 0. The Balaban J connectivity index is 2.58. The van der Waals surface area contributed by atoms with E-state index in [1.54, 1.807) is 0 Å². The van der Waals surface area contributed by atoms with Crippen molar-refractivity contribution >= 4 is 13.5 Å². The quantitative estimate of drug-likeness (QED) is 0.463. The van der Waals surface area contributed by atoms with Crippen LogP contribution in [0.1, 0.15) is 13.8 Å². The molecule has 1 aliphatic heterocycles. The van der Waals surface area contributed by atoms with Gasteiger partial charge in [0.25, 0.3) is 0 Å². The molecule has 1 heterocycles. The summed E-state index contributed by atoms with van der Waals surface area (Å²) in [4.78, 5) is 0. The van der Waals surface area contributed by atoms with Crippen LogP contribution in [0, 0.1) is 0 Å². The summed E-state index contributed by atoms with van der Waals surface area (Å²) >= 11 is 0. The van der Waals surface area contributed by atoms with Gasteiger partial charge in [0.05, 0.1) is 0 Å². The van der Waals surface area contributed by atoms with E-state index in [2.05, 4.69) is 32.1 Å². The lowest BCUT2D eigenvalue weighted by atomic mass is 10.2. The Bertz CT molecular complexity index is 301. The number of allylic oxidation sites excluding steroid dienone is 6. The number of rotatable bonds is 0. The molecule has 0 amide bonds. The van der Waals surface area contributed by atoms with Crippen molar-refractivity contribution in [2.24, 2.45) is 0 Å². The summed E-state index contributed by atoms with van der Waals surface area (Å²) in [5.74, 6) is 0. The van der Waals surface area contributed by atoms with Crippen molar-refractivity contribution in [3.63, 3.8) is 0 Å². The third-order valence-electron chi connectivity index (χ3n) is 1.81. The fourth-order valence-electron chi connectivity index (χ4n) is 1.30. The summed E-state index contributed by atoms with van der Waals surface area (Å²) in [6.07, 6.45) is 6.67. The van der Waals surface area contributed by atoms with Crippen LogP contribution in [0.5, 0.6) is 0 Å². The van der Waals surface area contributed by atoms with E-state index in [0.29, 0.717) is 0 Å². The van der Waals surface area contributed by atoms with E-state index in [4.69, 9.17) is 0 Å². The van der Waals surface area contributed by atoms with E-state index in [1.165, 1.54) is 30.0 Å². The van der Waals surface area contributed by atoms with Crippen LogP contribution < -0.4 is 0 Å². The van der Waals surface area contributed by atoms with E-state index < -0.39 is 0 Å². The van der Waals surface area contributed by atoms with Crippen LogP contribution in [0.4, 0.5) is 0 Å². The molecular weight excluding hydrogens is 139 g/mol. The summed E-state index contributed by atoms with van der Waals surface area (Å²) in [7, 11) is 1.41. The zero-order chi connectivity index (χ0) is 7.14. The highest BCUT2D eigenvalue weighted by Crippen LogP contribution is 2.38. The second-order valence-electron chi connectivity index (χ2n) is 2.72. The number of hydrogen-bond acceptors (Lipinski definition) is 0. The molecule has 0 saturated heterocycles. The molecule has 1 heteroatoms. The summed E-state index contributed by atoms with van der Waals surface area (Å²) in [6, 6.07) is 0. The molecule has 0 nitrogen and oxygen atoms in total. The molecule has 0 atom stereocenters. The molecule has 2 rings (SSSR count). The SMILES string of the molecule is CC1=PC2=C(C)C=CC2=C1. The maximum Gasteiger partial charge on any atom is 0.0122 e. The van der Waals surface area contributed by atoms with Crippen LogP contribution >= 0.6 is 8.20 Å². The first kappa shape index (κ1) is 6.12. The Hall–Kier alpha value is -0.610. The Morgan fingerprint density at radius 3 is 2.70 bits per heavy atom. The van der Waals surface area contributed by atoms with Crippen molar-refractivity contribution in [3.05, 3.63) is 34.7 Å². The lowest BCUT2D eigenvalue weighted by molar-refractivity contribution is 1.55. The first-order chi connectivity index (χ1) is 4.77. The Kier molecular flexibility index (Phi) is 1.18. The van der Waals surface area contributed by atoms with Crippen molar-refractivity contribution in [1.29, 1.82) is 0 Å². The maximum absolute atomic E-state index is 2.27. The summed E-state index contributed by atoms with van der Waals surface area (Å²) in [6.45, 7) is 4.36. The predicted octanol–water partition coefficient (Wildman–Crippen LogP) is 2.91. The minimum Gasteiger partial charge on any atom is -0.0643 e. The average Bonchev–Trinajstić information content (AvgIpc) is 2.35. The fraction of sp³-hybridized carbons (Fsp3) is 0.222. The minimum atomic E-state index is 1.41. The van der Waals surface area contributed by atoms with Crippen LogP contribution in [-0.2, 0) is 0 Å². The van der Waals surface area contributed by atoms with Gasteiger partial charge in [-0.25, -0.2) is 0 Å². The molecule has 0 unspecified atom stereocenters. The monoisotopic (exact) mass is 148 g/mol. The van der Waals surface area contributed by atoms with Crippen molar-refractivity contribution in [2.45, 2.75) is 13.8 Å². The van der Waals surface area contributed by atoms with Crippen molar-refractivity contribution in [3.8, 4) is 0 Å². The van der Waals surface area contributed by atoms with E-state index in [1.807, 2.05) is 0 Å². The van der Waals surface area contributed by atoms with E-state index >= 15 is 0 Å². The molecule has 0 fully saturated rings. The van der Waals surface area contributed by atoms with Gasteiger partial charge in [-0.2, -0.15) is 0 Å². The van der Waals surface area contributed by atoms with Crippen molar-refractivity contribution in [2.75, 3.05) is 0 Å². The van der Waals surface area contributed by atoms with Crippen molar-refractivity contribution < 1.29 is 0 Å². The Morgan fingerprint density at radius 2 is 2.00 bits per heavy atom. The van der Waals surface area contributed by atoms with Gasteiger partial charge < -0.3 is 0 Å². The summed E-state index contributed by atoms with van der Waals surface area (Å²) in [5.41, 5.74) is 2.86. The predicted molar refractivity (Wildman–Crippen MR) is 47.5 cm³/mol. The van der Waals surface area contributed by atoms with Gasteiger partial charge in [-0.15, -0.1) is 0 Å². The zero-order valence-corrected chi connectivity index (χ0v) is 7.07. The highest BCUT2D eigenvalue weighted by molar-refractivity contribution is 7.47. The minimum absolute atomic E-state index is 1.41. The lowest BCUT2D eigenvalue weighted by Gasteiger charge is -1.90. The molecule has 0 spiro atoms. The first-order valence-corrected chi connectivity index (χ1v) is 4.33. The Labute approximate surface area is 62.8 Å². The highest BCUT2D eigenvalue weighted by atomic mass is 31.1. The molecule has 0 saturated carbocycles. The van der Waals surface area contributed by atoms with Crippen LogP contribution in [0.3, 0.4) is 0 Å². The largest absolute Gasteiger partial charge is 0.0643 e. The molecule has 0 N–H and O–H groups in total. The van der Waals surface area contributed by atoms with E-state index in [-0.39, 0.29) is 0 Å². The molecule has 0 aromatic carbocycles. The van der Waals surface area contributed by atoms with Gasteiger partial charge in [0.1, 0.15) is 0 Å². The molecule has 10 heavy (non-hydrogen) atoms. The second-order valence-corrected chi connectivity index (χ2v) is 4.09. The second kappa shape index (κ2) is 1.93. The third-order valence-corrected chi connectivity index (χ3v) is 3.13. The third kappa shape index (κ3) is 0.726. The normalized spacial score (nSPS) is 23.0. The fourth-order valence-corrected chi connectivity index (χ4v) is 2.38. The first-order valence-electron chi connectivity index (χ1n) is 3.44. The number of hydrogen-bond donors (Lipinski definition) is 0. The smallest absolute Gasteiger partial charge is 0.0122 e. The van der Waals surface area contributed by atoms with Crippen LogP contribution in [0.15, 0.2) is 34.7 Å². The Morgan fingerprint density at radius 1 is 1.20 bits per heavy atom. The van der Waals surface area contributed by atoms with Gasteiger partial charge in [-0.1, -0.05) is 20.4 Å². The standard InChI is InChI=1S/C9H9P/c1-6-3-4-8-5-7(2)10-9(6)8/h3-5H,1-2H3. The van der Waals surface area contributed by atoms with Gasteiger partial charge >= 0.3 is 0 Å². The van der Waals surface area contributed by atoms with Gasteiger partial charge in [0, 0.05) is 5.31 Å². The van der Waals surface area contributed by atoms with Crippen LogP contribution in [0.25, 0.3) is 0 Å². The van der Waals surface area contributed by atoms with Crippen LogP contribution in [0.2, 0.25) is 0 Å². The molecule has 0 radical (unpaired) electrons. The molecule has 0 aromatic heterocycles. The highest BCUT2D eigenvalue weighted by Gasteiger charge is 2.13. The molecule has 2 aliphatic rings. The van der Waals surface area contributed by atoms with Crippen molar-refractivity contribution in [1.82, 2.24) is 0 Å². The van der Waals surface area contributed by atoms with Gasteiger partial charge in [0.15, 0.2) is 0 Å². The molecule has 0 aromatic rings. The average molecular weight is 148 g/mol. The molecular formula is C9H9P.